The lowest BCUT2D eigenvalue weighted by Crippen LogP contribution is -2.14. The molecule has 0 aliphatic heterocycles. The van der Waals surface area contributed by atoms with Crippen LogP contribution in [0.2, 0.25) is 15.1 Å². The van der Waals surface area contributed by atoms with Crippen LogP contribution in [0.1, 0.15) is 5.56 Å². The Morgan fingerprint density at radius 3 is 2.19 bits per heavy atom. The maximum atomic E-state index is 12.4. The Balaban J connectivity index is 2.42. The van der Waals surface area contributed by atoms with E-state index in [1.165, 1.54) is 12.1 Å². The molecule has 2 rings (SSSR count). The number of hydrogen-bond donors (Lipinski definition) is 2. The number of hydrogen-bond acceptors (Lipinski definition) is 3. The molecule has 112 valence electrons. The Kier molecular flexibility index (Phi) is 5.01. The summed E-state index contributed by atoms with van der Waals surface area (Å²) in [7, 11) is -3.85. The van der Waals surface area contributed by atoms with Gasteiger partial charge in [0.1, 0.15) is 4.90 Å². The Morgan fingerprint density at radius 2 is 1.62 bits per heavy atom. The predicted molar refractivity (Wildman–Crippen MR) is 86.6 cm³/mol. The van der Waals surface area contributed by atoms with Crippen molar-refractivity contribution in [3.63, 3.8) is 0 Å². The number of benzene rings is 2. The van der Waals surface area contributed by atoms with E-state index in [1.807, 2.05) is 0 Å². The number of rotatable bonds is 4. The lowest BCUT2D eigenvalue weighted by molar-refractivity contribution is 0.601. The van der Waals surface area contributed by atoms with Gasteiger partial charge in [0.05, 0.1) is 5.02 Å². The quantitative estimate of drug-likeness (QED) is 0.863. The molecule has 0 saturated carbocycles. The van der Waals surface area contributed by atoms with E-state index in [1.54, 1.807) is 24.3 Å². The first-order valence-electron chi connectivity index (χ1n) is 5.80. The second-order valence-corrected chi connectivity index (χ2v) is 7.09. The van der Waals surface area contributed by atoms with Crippen LogP contribution < -0.4 is 10.5 Å². The van der Waals surface area contributed by atoms with Crippen LogP contribution in [0.3, 0.4) is 0 Å². The van der Waals surface area contributed by atoms with Crippen LogP contribution in [0.5, 0.6) is 0 Å². The summed E-state index contributed by atoms with van der Waals surface area (Å²) in [5.41, 5.74) is 6.40. The van der Waals surface area contributed by atoms with Gasteiger partial charge in [-0.05, 0) is 42.0 Å². The van der Waals surface area contributed by atoms with Gasteiger partial charge in [0.2, 0.25) is 0 Å². The average molecular weight is 366 g/mol. The Labute approximate surface area is 137 Å². The standard InChI is InChI=1S/C13H11Cl3N2O2S/c14-9-1-3-10(4-2-9)18-21(19,20)13-5-8(7-17)11(15)6-12(13)16/h1-6,18H,7,17H2. The zero-order chi connectivity index (χ0) is 15.6. The molecule has 2 aromatic carbocycles. The number of nitrogens with one attached hydrogen (secondary N) is 1. The molecular formula is C13H11Cl3N2O2S. The lowest BCUT2D eigenvalue weighted by atomic mass is 10.2. The van der Waals surface area contributed by atoms with E-state index in [0.29, 0.717) is 21.3 Å². The zero-order valence-electron chi connectivity index (χ0n) is 10.6. The minimum Gasteiger partial charge on any atom is -0.326 e. The molecule has 0 unspecified atom stereocenters. The van der Waals surface area contributed by atoms with Gasteiger partial charge in [0.15, 0.2) is 0 Å². The van der Waals surface area contributed by atoms with E-state index >= 15 is 0 Å². The van der Waals surface area contributed by atoms with E-state index in [0.717, 1.165) is 0 Å². The SMILES string of the molecule is NCc1cc(S(=O)(=O)Nc2ccc(Cl)cc2)c(Cl)cc1Cl. The van der Waals surface area contributed by atoms with Crippen molar-refractivity contribution in [2.75, 3.05) is 4.72 Å². The van der Waals surface area contributed by atoms with Gasteiger partial charge >= 0.3 is 0 Å². The number of halogens is 3. The van der Waals surface area contributed by atoms with E-state index < -0.39 is 10.0 Å². The van der Waals surface area contributed by atoms with Crippen LogP contribution in [0, 0.1) is 0 Å². The molecule has 3 N–H and O–H groups in total. The van der Waals surface area contributed by atoms with Crippen LogP contribution in [-0.2, 0) is 16.6 Å². The van der Waals surface area contributed by atoms with Crippen molar-refractivity contribution in [3.8, 4) is 0 Å². The fraction of sp³-hybridized carbons (Fsp3) is 0.0769. The highest BCUT2D eigenvalue weighted by molar-refractivity contribution is 7.92. The number of anilines is 1. The first-order chi connectivity index (χ1) is 9.83. The predicted octanol–water partition coefficient (Wildman–Crippen LogP) is 3.91. The van der Waals surface area contributed by atoms with Gasteiger partial charge in [-0.25, -0.2) is 8.42 Å². The average Bonchev–Trinajstić information content (AvgIpc) is 2.41. The Morgan fingerprint density at radius 1 is 1.00 bits per heavy atom. The maximum absolute atomic E-state index is 12.4. The molecule has 0 aromatic heterocycles. The third-order valence-corrected chi connectivity index (χ3v) is 5.16. The second kappa shape index (κ2) is 6.42. The minimum absolute atomic E-state index is 0.0265. The molecular weight excluding hydrogens is 355 g/mol. The maximum Gasteiger partial charge on any atom is 0.263 e. The molecule has 8 heteroatoms. The molecule has 0 atom stereocenters. The van der Waals surface area contributed by atoms with Crippen molar-refractivity contribution in [3.05, 3.63) is 57.0 Å². The fourth-order valence-corrected chi connectivity index (χ4v) is 3.72. The van der Waals surface area contributed by atoms with Gasteiger partial charge < -0.3 is 5.73 Å². The van der Waals surface area contributed by atoms with Crippen molar-refractivity contribution in [2.24, 2.45) is 5.73 Å². The highest BCUT2D eigenvalue weighted by Gasteiger charge is 2.20. The molecule has 4 nitrogen and oxygen atoms in total. The minimum atomic E-state index is -3.85. The normalized spacial score (nSPS) is 11.4. The van der Waals surface area contributed by atoms with Gasteiger partial charge in [-0.1, -0.05) is 34.8 Å². The van der Waals surface area contributed by atoms with Gasteiger partial charge in [-0.3, -0.25) is 4.72 Å². The van der Waals surface area contributed by atoms with Crippen LogP contribution in [-0.4, -0.2) is 8.42 Å². The van der Waals surface area contributed by atoms with Crippen molar-refractivity contribution in [2.45, 2.75) is 11.4 Å². The third kappa shape index (κ3) is 3.81. The smallest absolute Gasteiger partial charge is 0.263 e. The fourth-order valence-electron chi connectivity index (χ4n) is 1.66. The molecule has 0 heterocycles. The van der Waals surface area contributed by atoms with Gasteiger partial charge in [0, 0.05) is 22.3 Å². The largest absolute Gasteiger partial charge is 0.326 e. The summed E-state index contributed by atoms with van der Waals surface area (Å²) in [6.45, 7) is 0.111. The molecule has 21 heavy (non-hydrogen) atoms. The monoisotopic (exact) mass is 364 g/mol. The van der Waals surface area contributed by atoms with Crippen molar-refractivity contribution < 1.29 is 8.42 Å². The van der Waals surface area contributed by atoms with Crippen LogP contribution in [0.4, 0.5) is 5.69 Å². The summed E-state index contributed by atoms with van der Waals surface area (Å²) < 4.78 is 27.2. The van der Waals surface area contributed by atoms with Crippen LogP contribution in [0.25, 0.3) is 0 Å². The van der Waals surface area contributed by atoms with E-state index in [4.69, 9.17) is 40.5 Å². The molecule has 0 spiro atoms. The molecule has 0 saturated heterocycles. The van der Waals surface area contributed by atoms with Gasteiger partial charge in [-0.2, -0.15) is 0 Å². The summed E-state index contributed by atoms with van der Waals surface area (Å²) in [4.78, 5) is -0.0797. The molecule has 0 fully saturated rings. The van der Waals surface area contributed by atoms with Crippen molar-refractivity contribution in [1.29, 1.82) is 0 Å². The van der Waals surface area contributed by atoms with Crippen LogP contribution in [0.15, 0.2) is 41.3 Å². The molecule has 0 aliphatic rings. The van der Waals surface area contributed by atoms with Crippen molar-refractivity contribution in [1.82, 2.24) is 0 Å². The molecule has 0 bridgehead atoms. The molecule has 0 radical (unpaired) electrons. The highest BCUT2D eigenvalue weighted by Crippen LogP contribution is 2.30. The zero-order valence-corrected chi connectivity index (χ0v) is 13.7. The summed E-state index contributed by atoms with van der Waals surface area (Å²) in [5, 5.41) is 0.861. The summed E-state index contributed by atoms with van der Waals surface area (Å²) in [6, 6.07) is 8.98. The molecule has 2 aromatic rings. The third-order valence-electron chi connectivity index (χ3n) is 2.71. The first-order valence-corrected chi connectivity index (χ1v) is 8.41. The topological polar surface area (TPSA) is 72.2 Å². The lowest BCUT2D eigenvalue weighted by Gasteiger charge is -2.12. The van der Waals surface area contributed by atoms with E-state index in [-0.39, 0.29) is 16.5 Å². The van der Waals surface area contributed by atoms with Crippen molar-refractivity contribution >= 4 is 50.5 Å². The summed E-state index contributed by atoms with van der Waals surface area (Å²) in [6.07, 6.45) is 0. The molecule has 0 amide bonds. The summed E-state index contributed by atoms with van der Waals surface area (Å²) >= 11 is 17.7. The van der Waals surface area contributed by atoms with E-state index in [2.05, 4.69) is 4.72 Å². The van der Waals surface area contributed by atoms with E-state index in [9.17, 15) is 8.42 Å². The molecule has 0 aliphatic carbocycles. The number of nitrogens with two attached hydrogens (primary N) is 1. The highest BCUT2D eigenvalue weighted by atomic mass is 35.5. The Bertz CT molecular complexity index is 762. The summed E-state index contributed by atoms with van der Waals surface area (Å²) in [5.74, 6) is 0. The van der Waals surface area contributed by atoms with Gasteiger partial charge in [-0.15, -0.1) is 0 Å². The van der Waals surface area contributed by atoms with Gasteiger partial charge in [0.25, 0.3) is 10.0 Å². The Hall–Kier alpha value is -0.980. The second-order valence-electron chi connectivity index (χ2n) is 4.19. The number of sulfonamides is 1. The van der Waals surface area contributed by atoms with Crippen LogP contribution >= 0.6 is 34.8 Å². The first kappa shape index (κ1) is 16.4.